The molecule has 1 heterocycles. The van der Waals surface area contributed by atoms with Crippen LogP contribution in [0.15, 0.2) is 22.7 Å². The second-order valence-corrected chi connectivity index (χ2v) is 6.50. The number of amides is 2. The van der Waals surface area contributed by atoms with E-state index < -0.39 is 0 Å². The Labute approximate surface area is 164 Å². The summed E-state index contributed by atoms with van der Waals surface area (Å²) in [6.45, 7) is 5.71. The maximum atomic E-state index is 12.7. The van der Waals surface area contributed by atoms with Crippen LogP contribution in [0.1, 0.15) is 42.8 Å². The maximum absolute atomic E-state index is 12.7. The topological polar surface area (TPSA) is 107 Å². The minimum atomic E-state index is -0.237. The lowest BCUT2D eigenvalue weighted by Gasteiger charge is -2.17. The Balaban J connectivity index is 2.04. The number of carbonyl (C=O) groups is 2. The molecule has 0 saturated carbocycles. The summed E-state index contributed by atoms with van der Waals surface area (Å²) in [7, 11) is 3.12. The van der Waals surface area contributed by atoms with E-state index in [2.05, 4.69) is 15.5 Å². The zero-order chi connectivity index (χ0) is 20.7. The number of hydrogen-bond donors (Lipinski definition) is 1. The number of nitrogens with one attached hydrogen (secondary N) is 1. The van der Waals surface area contributed by atoms with Crippen LogP contribution in [0.5, 0.6) is 11.5 Å². The molecule has 0 bridgehead atoms. The van der Waals surface area contributed by atoms with Crippen molar-refractivity contribution in [3.63, 3.8) is 0 Å². The number of nitrogens with zero attached hydrogens (tertiary/aromatic N) is 3. The number of aryl methyl sites for hydroxylation is 1. The van der Waals surface area contributed by atoms with Crippen molar-refractivity contribution in [3.8, 4) is 11.5 Å². The Morgan fingerprint density at radius 2 is 2.04 bits per heavy atom. The highest BCUT2D eigenvalue weighted by molar-refractivity contribution is 5.94. The van der Waals surface area contributed by atoms with Crippen molar-refractivity contribution in [2.24, 2.45) is 0 Å². The Morgan fingerprint density at radius 1 is 1.29 bits per heavy atom. The zero-order valence-corrected chi connectivity index (χ0v) is 16.8. The summed E-state index contributed by atoms with van der Waals surface area (Å²) in [5, 5.41) is 6.56. The molecule has 0 radical (unpaired) electrons. The Kier molecular flexibility index (Phi) is 7.36. The second-order valence-electron chi connectivity index (χ2n) is 6.50. The lowest BCUT2D eigenvalue weighted by atomic mass is 10.1. The maximum Gasteiger partial charge on any atom is 0.258 e. The van der Waals surface area contributed by atoms with E-state index >= 15 is 0 Å². The van der Waals surface area contributed by atoms with Crippen LogP contribution in [0.2, 0.25) is 0 Å². The van der Waals surface area contributed by atoms with Gasteiger partial charge in [-0.15, -0.1) is 0 Å². The summed E-state index contributed by atoms with van der Waals surface area (Å²) in [5.74, 6) is 1.24. The van der Waals surface area contributed by atoms with E-state index in [1.807, 2.05) is 20.8 Å². The molecule has 1 aromatic heterocycles. The minimum Gasteiger partial charge on any atom is -0.493 e. The van der Waals surface area contributed by atoms with Gasteiger partial charge in [0.2, 0.25) is 5.89 Å². The molecule has 2 aromatic rings. The van der Waals surface area contributed by atoms with Crippen molar-refractivity contribution in [1.82, 2.24) is 20.4 Å². The van der Waals surface area contributed by atoms with Gasteiger partial charge >= 0.3 is 0 Å². The van der Waals surface area contributed by atoms with Crippen LogP contribution >= 0.6 is 0 Å². The fraction of sp³-hybridized carbons (Fsp3) is 0.474. The summed E-state index contributed by atoms with van der Waals surface area (Å²) in [5.41, 5.74) is 0.411. The highest BCUT2D eigenvalue weighted by atomic mass is 16.5. The monoisotopic (exact) mass is 390 g/mol. The molecule has 0 aliphatic carbocycles. The number of methoxy groups -OCH3 is 1. The quantitative estimate of drug-likeness (QED) is 0.696. The molecule has 152 valence electrons. The fourth-order valence-electron chi connectivity index (χ4n) is 2.42. The number of hydrogen-bond acceptors (Lipinski definition) is 7. The summed E-state index contributed by atoms with van der Waals surface area (Å²) in [4.78, 5) is 30.1. The highest BCUT2D eigenvalue weighted by Crippen LogP contribution is 2.28. The van der Waals surface area contributed by atoms with Crippen LogP contribution < -0.4 is 14.8 Å². The molecule has 0 fully saturated rings. The average molecular weight is 390 g/mol. The second kappa shape index (κ2) is 9.72. The van der Waals surface area contributed by atoms with Crippen LogP contribution in [0.25, 0.3) is 0 Å². The van der Waals surface area contributed by atoms with Gasteiger partial charge in [0.05, 0.1) is 13.7 Å². The van der Waals surface area contributed by atoms with Gasteiger partial charge in [-0.05, 0) is 32.0 Å². The van der Waals surface area contributed by atoms with E-state index in [9.17, 15) is 9.59 Å². The average Bonchev–Trinajstić information content (AvgIpc) is 3.12. The lowest BCUT2D eigenvalue weighted by Crippen LogP contribution is -2.34. The van der Waals surface area contributed by atoms with Gasteiger partial charge in [0, 0.05) is 25.1 Å². The van der Waals surface area contributed by atoms with Gasteiger partial charge < -0.3 is 24.2 Å². The van der Waals surface area contributed by atoms with Crippen molar-refractivity contribution in [2.45, 2.75) is 39.8 Å². The first kappa shape index (κ1) is 21.2. The van der Waals surface area contributed by atoms with E-state index in [-0.39, 0.29) is 31.0 Å². The third-order valence-electron chi connectivity index (χ3n) is 3.76. The van der Waals surface area contributed by atoms with Gasteiger partial charge in [0.25, 0.3) is 11.8 Å². The smallest absolute Gasteiger partial charge is 0.258 e. The zero-order valence-electron chi connectivity index (χ0n) is 16.8. The summed E-state index contributed by atoms with van der Waals surface area (Å²) in [6, 6.07) is 4.81. The molecule has 0 saturated heterocycles. The van der Waals surface area contributed by atoms with Gasteiger partial charge in [-0.25, -0.2) is 0 Å². The third-order valence-corrected chi connectivity index (χ3v) is 3.76. The van der Waals surface area contributed by atoms with Crippen LogP contribution in [-0.4, -0.2) is 53.7 Å². The van der Waals surface area contributed by atoms with Gasteiger partial charge in [0.15, 0.2) is 23.9 Å². The van der Waals surface area contributed by atoms with Crippen LogP contribution in [0.3, 0.4) is 0 Å². The SMILES string of the molecule is CCc1noc(CN(C)C(=O)c2ccc(OCC(=O)NC(C)C)c(OC)c2)n1. The van der Waals surface area contributed by atoms with Crippen molar-refractivity contribution in [2.75, 3.05) is 20.8 Å². The number of rotatable bonds is 9. The molecule has 0 aliphatic rings. The lowest BCUT2D eigenvalue weighted by molar-refractivity contribution is -0.123. The van der Waals surface area contributed by atoms with Gasteiger partial charge in [-0.1, -0.05) is 12.1 Å². The Morgan fingerprint density at radius 3 is 2.64 bits per heavy atom. The van der Waals surface area contributed by atoms with E-state index in [1.165, 1.54) is 12.0 Å². The molecule has 0 unspecified atom stereocenters. The standard InChI is InChI=1S/C19H26N4O5/c1-6-16-21-18(28-22-16)10-23(4)19(25)13-7-8-14(15(9-13)26-5)27-11-17(24)20-12(2)3/h7-9,12H,6,10-11H2,1-5H3,(H,20,24). The molecule has 2 rings (SSSR count). The van der Waals surface area contributed by atoms with Crippen molar-refractivity contribution < 1.29 is 23.6 Å². The number of benzene rings is 1. The fourth-order valence-corrected chi connectivity index (χ4v) is 2.42. The molecule has 2 amide bonds. The Hall–Kier alpha value is -3.10. The van der Waals surface area contributed by atoms with Gasteiger partial charge in [-0.3, -0.25) is 9.59 Å². The molecule has 0 aliphatic heterocycles. The van der Waals surface area contributed by atoms with Crippen molar-refractivity contribution in [1.29, 1.82) is 0 Å². The summed E-state index contributed by atoms with van der Waals surface area (Å²) >= 11 is 0. The molecule has 9 nitrogen and oxygen atoms in total. The predicted molar refractivity (Wildman–Crippen MR) is 101 cm³/mol. The van der Waals surface area contributed by atoms with E-state index in [0.29, 0.717) is 35.2 Å². The normalized spacial score (nSPS) is 10.6. The molecule has 0 atom stereocenters. The van der Waals surface area contributed by atoms with Crippen molar-refractivity contribution in [3.05, 3.63) is 35.5 Å². The molecule has 0 spiro atoms. The van der Waals surface area contributed by atoms with Gasteiger partial charge in [-0.2, -0.15) is 4.98 Å². The minimum absolute atomic E-state index is 0.0285. The Bertz CT molecular complexity index is 818. The first-order chi connectivity index (χ1) is 13.3. The number of carbonyl (C=O) groups excluding carboxylic acids is 2. The van der Waals surface area contributed by atoms with Gasteiger partial charge in [0.1, 0.15) is 0 Å². The first-order valence-electron chi connectivity index (χ1n) is 9.01. The van der Waals surface area contributed by atoms with Crippen LogP contribution in [0.4, 0.5) is 0 Å². The largest absolute Gasteiger partial charge is 0.493 e. The number of aromatic nitrogens is 2. The van der Waals surface area contributed by atoms with E-state index in [0.717, 1.165) is 0 Å². The highest BCUT2D eigenvalue weighted by Gasteiger charge is 2.18. The van der Waals surface area contributed by atoms with Crippen LogP contribution in [0, 0.1) is 0 Å². The summed E-state index contributed by atoms with van der Waals surface area (Å²) in [6.07, 6.45) is 0.662. The molecule has 28 heavy (non-hydrogen) atoms. The number of ether oxygens (including phenoxy) is 2. The molecular weight excluding hydrogens is 364 g/mol. The molecule has 9 heteroatoms. The van der Waals surface area contributed by atoms with Crippen LogP contribution in [-0.2, 0) is 17.8 Å². The summed E-state index contributed by atoms with van der Waals surface area (Å²) < 4.78 is 15.9. The third kappa shape index (κ3) is 5.70. The first-order valence-corrected chi connectivity index (χ1v) is 9.01. The molecular formula is C19H26N4O5. The molecule has 1 aromatic carbocycles. The van der Waals surface area contributed by atoms with Crippen molar-refractivity contribution >= 4 is 11.8 Å². The van der Waals surface area contributed by atoms with E-state index in [4.69, 9.17) is 14.0 Å². The predicted octanol–water partition coefficient (Wildman–Crippen LogP) is 1.82. The molecule has 1 N–H and O–H groups in total. The van der Waals surface area contributed by atoms with E-state index in [1.54, 1.807) is 25.2 Å².